The first kappa shape index (κ1) is 12.4. The van der Waals surface area contributed by atoms with Gasteiger partial charge >= 0.3 is 5.97 Å². The number of hydrogen-bond donors (Lipinski definition) is 2. The molecule has 1 unspecified atom stereocenters. The van der Waals surface area contributed by atoms with Crippen LogP contribution in [0.2, 0.25) is 0 Å². The first-order chi connectivity index (χ1) is 8.72. The van der Waals surface area contributed by atoms with Crippen molar-refractivity contribution in [1.82, 2.24) is 5.32 Å². The average Bonchev–Trinajstić information content (AvgIpc) is 2.64. The maximum atomic E-state index is 11.1. The highest BCUT2D eigenvalue weighted by molar-refractivity contribution is 5.72. The molecule has 1 atom stereocenters. The first-order valence-corrected chi connectivity index (χ1v) is 5.90. The van der Waals surface area contributed by atoms with Crippen LogP contribution in [0.25, 0.3) is 0 Å². The van der Waals surface area contributed by atoms with E-state index in [0.717, 1.165) is 12.2 Å². The molecule has 0 radical (unpaired) electrons. The molecule has 1 aliphatic heterocycles. The number of carboxylic acids is 1. The van der Waals surface area contributed by atoms with E-state index in [-0.39, 0.29) is 0 Å². The van der Waals surface area contributed by atoms with Crippen molar-refractivity contribution in [3.8, 4) is 6.07 Å². The van der Waals surface area contributed by atoms with Gasteiger partial charge in [-0.25, -0.2) is 0 Å². The summed E-state index contributed by atoms with van der Waals surface area (Å²) in [5.74, 6) is -1.25. The summed E-state index contributed by atoms with van der Waals surface area (Å²) >= 11 is 0. The van der Waals surface area contributed by atoms with E-state index in [4.69, 9.17) is 10.4 Å². The van der Waals surface area contributed by atoms with E-state index < -0.39 is 11.9 Å². The molecule has 0 aromatic heterocycles. The lowest BCUT2D eigenvalue weighted by atomic mass is 10.1. The number of nitrogens with one attached hydrogen (secondary N) is 1. The van der Waals surface area contributed by atoms with Gasteiger partial charge in [-0.15, -0.1) is 0 Å². The lowest BCUT2D eigenvalue weighted by Crippen LogP contribution is -2.34. The standard InChI is InChI=1S/C13H15N3O2/c14-7-10-3-1-2-4-12(10)16-6-5-15-8-11(9-16)13(17)18/h1-4,11,15H,5-6,8-9H2,(H,17,18). The summed E-state index contributed by atoms with van der Waals surface area (Å²) in [6.07, 6.45) is 0. The molecule has 0 bridgehead atoms. The van der Waals surface area contributed by atoms with E-state index in [9.17, 15) is 4.79 Å². The predicted octanol–water partition coefficient (Wildman–Crippen LogP) is 0.669. The monoisotopic (exact) mass is 245 g/mol. The van der Waals surface area contributed by atoms with Gasteiger partial charge in [0.15, 0.2) is 0 Å². The molecule has 18 heavy (non-hydrogen) atoms. The van der Waals surface area contributed by atoms with Crippen LogP contribution in [0.15, 0.2) is 24.3 Å². The normalized spacial score (nSPS) is 19.9. The van der Waals surface area contributed by atoms with Crippen LogP contribution in [0.5, 0.6) is 0 Å². The number of aliphatic carboxylic acids is 1. The molecule has 1 aliphatic rings. The molecule has 1 heterocycles. The van der Waals surface area contributed by atoms with Crippen molar-refractivity contribution in [1.29, 1.82) is 5.26 Å². The minimum Gasteiger partial charge on any atom is -0.481 e. The van der Waals surface area contributed by atoms with Gasteiger partial charge in [-0.1, -0.05) is 12.1 Å². The number of benzene rings is 1. The third kappa shape index (κ3) is 2.60. The average molecular weight is 245 g/mol. The number of anilines is 1. The summed E-state index contributed by atoms with van der Waals surface area (Å²) in [5.41, 5.74) is 1.40. The molecule has 94 valence electrons. The lowest BCUT2D eigenvalue weighted by molar-refractivity contribution is -0.141. The molecule has 1 aromatic rings. The molecular formula is C13H15N3O2. The number of rotatable bonds is 2. The van der Waals surface area contributed by atoms with E-state index >= 15 is 0 Å². The summed E-state index contributed by atoms with van der Waals surface area (Å²) in [6, 6.07) is 9.44. The fourth-order valence-corrected chi connectivity index (χ4v) is 2.14. The van der Waals surface area contributed by atoms with Crippen molar-refractivity contribution < 1.29 is 9.90 Å². The molecule has 1 aromatic carbocycles. The molecular weight excluding hydrogens is 230 g/mol. The van der Waals surface area contributed by atoms with E-state index in [1.54, 1.807) is 6.07 Å². The van der Waals surface area contributed by atoms with Crippen molar-refractivity contribution in [2.45, 2.75) is 0 Å². The number of hydrogen-bond acceptors (Lipinski definition) is 4. The highest BCUT2D eigenvalue weighted by atomic mass is 16.4. The van der Waals surface area contributed by atoms with Crippen LogP contribution < -0.4 is 10.2 Å². The smallest absolute Gasteiger partial charge is 0.309 e. The van der Waals surface area contributed by atoms with Gasteiger partial charge in [0.25, 0.3) is 0 Å². The van der Waals surface area contributed by atoms with Crippen LogP contribution in [0.3, 0.4) is 0 Å². The van der Waals surface area contributed by atoms with E-state index in [2.05, 4.69) is 11.4 Å². The van der Waals surface area contributed by atoms with E-state index in [1.807, 2.05) is 23.1 Å². The fourth-order valence-electron chi connectivity index (χ4n) is 2.14. The second-order valence-electron chi connectivity index (χ2n) is 4.31. The van der Waals surface area contributed by atoms with Crippen molar-refractivity contribution in [3.05, 3.63) is 29.8 Å². The van der Waals surface area contributed by atoms with Gasteiger partial charge in [-0.2, -0.15) is 5.26 Å². The molecule has 0 spiro atoms. The second-order valence-corrected chi connectivity index (χ2v) is 4.31. The van der Waals surface area contributed by atoms with Gasteiger partial charge in [0.05, 0.1) is 17.2 Å². The Hall–Kier alpha value is -2.06. The Labute approximate surface area is 106 Å². The number of nitriles is 1. The van der Waals surface area contributed by atoms with Crippen LogP contribution in [-0.2, 0) is 4.79 Å². The largest absolute Gasteiger partial charge is 0.481 e. The molecule has 0 saturated carbocycles. The van der Waals surface area contributed by atoms with E-state index in [0.29, 0.717) is 25.2 Å². The maximum absolute atomic E-state index is 11.1. The van der Waals surface area contributed by atoms with Gasteiger partial charge in [-0.3, -0.25) is 4.79 Å². The first-order valence-electron chi connectivity index (χ1n) is 5.90. The number of nitrogens with zero attached hydrogens (tertiary/aromatic N) is 2. The summed E-state index contributed by atoms with van der Waals surface area (Å²) in [5, 5.41) is 21.3. The lowest BCUT2D eigenvalue weighted by Gasteiger charge is -2.25. The van der Waals surface area contributed by atoms with Crippen molar-refractivity contribution >= 4 is 11.7 Å². The SMILES string of the molecule is N#Cc1ccccc1N1CCNCC(C(=O)O)C1. The topological polar surface area (TPSA) is 76.4 Å². The van der Waals surface area contributed by atoms with Gasteiger partial charge in [0, 0.05) is 26.2 Å². The zero-order chi connectivity index (χ0) is 13.0. The zero-order valence-corrected chi connectivity index (χ0v) is 9.97. The van der Waals surface area contributed by atoms with E-state index in [1.165, 1.54) is 0 Å². The fraction of sp³-hybridized carbons (Fsp3) is 0.385. The summed E-state index contributed by atoms with van der Waals surface area (Å²) in [4.78, 5) is 13.1. The van der Waals surface area contributed by atoms with Crippen LogP contribution in [0.1, 0.15) is 5.56 Å². The third-order valence-electron chi connectivity index (χ3n) is 3.10. The minimum absolute atomic E-state index is 0.432. The van der Waals surface area contributed by atoms with Crippen LogP contribution in [0.4, 0.5) is 5.69 Å². The Morgan fingerprint density at radius 3 is 3.00 bits per heavy atom. The van der Waals surface area contributed by atoms with Gasteiger partial charge in [0.2, 0.25) is 0 Å². The maximum Gasteiger partial charge on any atom is 0.309 e. The number of carboxylic acid groups (broad SMARTS) is 1. The molecule has 0 amide bonds. The second kappa shape index (κ2) is 5.52. The highest BCUT2D eigenvalue weighted by Gasteiger charge is 2.24. The Morgan fingerprint density at radius 1 is 1.50 bits per heavy atom. The summed E-state index contributed by atoms with van der Waals surface area (Å²) in [6.45, 7) is 2.34. The quantitative estimate of drug-likeness (QED) is 0.800. The highest BCUT2D eigenvalue weighted by Crippen LogP contribution is 2.21. The molecule has 2 N–H and O–H groups in total. The van der Waals surface area contributed by atoms with Gasteiger partial charge < -0.3 is 15.3 Å². The minimum atomic E-state index is -0.802. The van der Waals surface area contributed by atoms with Crippen LogP contribution in [0, 0.1) is 17.2 Å². The Bertz CT molecular complexity index is 481. The number of para-hydroxylation sites is 1. The van der Waals surface area contributed by atoms with Crippen molar-refractivity contribution in [2.24, 2.45) is 5.92 Å². The predicted molar refractivity (Wildman–Crippen MR) is 67.4 cm³/mol. The molecule has 1 saturated heterocycles. The summed E-state index contributed by atoms with van der Waals surface area (Å²) < 4.78 is 0. The van der Waals surface area contributed by atoms with Gasteiger partial charge in [-0.05, 0) is 12.1 Å². The Balaban J connectivity index is 2.26. The molecule has 1 fully saturated rings. The number of carbonyl (C=O) groups is 1. The third-order valence-corrected chi connectivity index (χ3v) is 3.10. The molecule has 5 heteroatoms. The Kier molecular flexibility index (Phi) is 3.80. The Morgan fingerprint density at radius 2 is 2.28 bits per heavy atom. The molecule has 0 aliphatic carbocycles. The molecule has 5 nitrogen and oxygen atoms in total. The van der Waals surface area contributed by atoms with Crippen LogP contribution in [-0.4, -0.2) is 37.3 Å². The van der Waals surface area contributed by atoms with Crippen LogP contribution >= 0.6 is 0 Å². The van der Waals surface area contributed by atoms with Crippen molar-refractivity contribution in [3.63, 3.8) is 0 Å². The molecule has 2 rings (SSSR count). The van der Waals surface area contributed by atoms with Gasteiger partial charge in [0.1, 0.15) is 6.07 Å². The van der Waals surface area contributed by atoms with Crippen molar-refractivity contribution in [2.75, 3.05) is 31.1 Å². The zero-order valence-electron chi connectivity index (χ0n) is 9.97. The summed E-state index contributed by atoms with van der Waals surface area (Å²) in [7, 11) is 0.